The van der Waals surface area contributed by atoms with Crippen LogP contribution < -0.4 is 5.32 Å². The number of nitrogens with zero attached hydrogens (tertiary/aromatic N) is 2. The molecule has 2 aromatic carbocycles. The quantitative estimate of drug-likeness (QED) is 0.748. The molecule has 6 heteroatoms. The van der Waals surface area contributed by atoms with Crippen LogP contribution in [0.2, 0.25) is 5.02 Å². The Balaban J connectivity index is 1.47. The van der Waals surface area contributed by atoms with Crippen molar-refractivity contribution in [3.8, 4) is 0 Å². The second kappa shape index (κ2) is 7.37. The van der Waals surface area contributed by atoms with Crippen LogP contribution in [0.3, 0.4) is 0 Å². The number of carbonyl (C=O) groups excluding carboxylic acids is 2. The average molecular weight is 380 g/mol. The predicted octanol–water partition coefficient (Wildman–Crippen LogP) is 3.88. The minimum atomic E-state index is -0.390. The molecule has 4 rings (SSSR count). The summed E-state index contributed by atoms with van der Waals surface area (Å²) in [5.74, 6) is -0.590. The van der Waals surface area contributed by atoms with E-state index in [9.17, 15) is 9.59 Å². The van der Waals surface area contributed by atoms with E-state index in [0.717, 1.165) is 16.5 Å². The first-order valence-electron chi connectivity index (χ1n) is 8.77. The van der Waals surface area contributed by atoms with Gasteiger partial charge in [0.2, 0.25) is 11.8 Å². The molecule has 0 spiro atoms. The van der Waals surface area contributed by atoms with Crippen LogP contribution in [0.4, 0.5) is 5.69 Å². The van der Waals surface area contributed by atoms with Crippen molar-refractivity contribution in [2.75, 3.05) is 11.9 Å². The lowest BCUT2D eigenvalue weighted by atomic mass is 10.1. The Kier molecular flexibility index (Phi) is 4.77. The first kappa shape index (κ1) is 17.5. The zero-order valence-corrected chi connectivity index (χ0v) is 15.3. The minimum Gasteiger partial charge on any atom is -0.337 e. The maximum Gasteiger partial charge on any atom is 0.229 e. The number of para-hydroxylation sites is 1. The van der Waals surface area contributed by atoms with Gasteiger partial charge in [0.05, 0.1) is 17.1 Å². The zero-order chi connectivity index (χ0) is 18.8. The highest BCUT2D eigenvalue weighted by atomic mass is 35.5. The molecule has 2 heterocycles. The maximum absolute atomic E-state index is 12.7. The number of likely N-dealkylation sites (tertiary alicyclic amines) is 1. The summed E-state index contributed by atoms with van der Waals surface area (Å²) in [6, 6.07) is 16.9. The molecule has 3 aromatic rings. The van der Waals surface area contributed by atoms with E-state index < -0.39 is 0 Å². The Hall–Kier alpha value is -2.92. The van der Waals surface area contributed by atoms with Crippen molar-refractivity contribution in [3.05, 3.63) is 71.4 Å². The first-order chi connectivity index (χ1) is 13.1. The van der Waals surface area contributed by atoms with E-state index in [-0.39, 0.29) is 24.2 Å². The Morgan fingerprint density at radius 2 is 1.96 bits per heavy atom. The summed E-state index contributed by atoms with van der Waals surface area (Å²) >= 11 is 6.19. The highest BCUT2D eigenvalue weighted by Crippen LogP contribution is 2.26. The van der Waals surface area contributed by atoms with Crippen molar-refractivity contribution in [2.45, 2.75) is 13.0 Å². The summed E-state index contributed by atoms with van der Waals surface area (Å²) in [5.41, 5.74) is 2.28. The highest BCUT2D eigenvalue weighted by Gasteiger charge is 2.34. The van der Waals surface area contributed by atoms with Crippen LogP contribution in [-0.4, -0.2) is 28.2 Å². The molecule has 5 nitrogen and oxygen atoms in total. The van der Waals surface area contributed by atoms with Gasteiger partial charge >= 0.3 is 0 Å². The topological polar surface area (TPSA) is 62.3 Å². The lowest BCUT2D eigenvalue weighted by Crippen LogP contribution is -2.28. The second-order valence-corrected chi connectivity index (χ2v) is 7.04. The van der Waals surface area contributed by atoms with Gasteiger partial charge in [-0.15, -0.1) is 0 Å². The molecule has 1 aromatic heterocycles. The van der Waals surface area contributed by atoms with Gasteiger partial charge in [0.15, 0.2) is 0 Å². The predicted molar refractivity (Wildman–Crippen MR) is 105 cm³/mol. The van der Waals surface area contributed by atoms with Crippen LogP contribution in [0.25, 0.3) is 10.9 Å². The average Bonchev–Trinajstić information content (AvgIpc) is 3.05. The van der Waals surface area contributed by atoms with Crippen molar-refractivity contribution >= 4 is 40.0 Å². The molecule has 0 saturated carbocycles. The monoisotopic (exact) mass is 379 g/mol. The molecular formula is C21H18ClN3O2. The molecule has 0 unspecified atom stereocenters. The number of hydrogen-bond acceptors (Lipinski definition) is 3. The summed E-state index contributed by atoms with van der Waals surface area (Å²) in [5, 5.41) is 4.52. The lowest BCUT2D eigenvalue weighted by Gasteiger charge is -2.17. The van der Waals surface area contributed by atoms with E-state index in [1.807, 2.05) is 48.5 Å². The van der Waals surface area contributed by atoms with Crippen LogP contribution in [0.5, 0.6) is 0 Å². The maximum atomic E-state index is 12.7. The number of carbonyl (C=O) groups is 2. The normalized spacial score (nSPS) is 16.7. The molecule has 0 aliphatic carbocycles. The van der Waals surface area contributed by atoms with Crippen molar-refractivity contribution in [1.29, 1.82) is 0 Å². The first-order valence-corrected chi connectivity index (χ1v) is 9.15. The van der Waals surface area contributed by atoms with E-state index >= 15 is 0 Å². The number of fused-ring (bicyclic) bond motifs is 1. The van der Waals surface area contributed by atoms with Gasteiger partial charge in [-0.3, -0.25) is 14.6 Å². The standard InChI is InChI=1S/C21H18ClN3O2/c22-17-8-2-1-5-15(17)12-25-13-16(11-19(25)26)21(27)24-18-9-3-6-14-7-4-10-23-20(14)18/h1-10,16H,11-13H2,(H,24,27)/t16-/m1/s1. The lowest BCUT2D eigenvalue weighted by molar-refractivity contribution is -0.128. The summed E-state index contributed by atoms with van der Waals surface area (Å²) < 4.78 is 0. The molecule has 2 amide bonds. The fourth-order valence-corrected chi connectivity index (χ4v) is 3.57. The highest BCUT2D eigenvalue weighted by molar-refractivity contribution is 6.31. The van der Waals surface area contributed by atoms with Crippen molar-refractivity contribution < 1.29 is 9.59 Å². The molecule has 136 valence electrons. The molecule has 0 radical (unpaired) electrons. The van der Waals surface area contributed by atoms with Gasteiger partial charge in [0.1, 0.15) is 0 Å². The Bertz CT molecular complexity index is 1020. The largest absolute Gasteiger partial charge is 0.337 e. The van der Waals surface area contributed by atoms with Gasteiger partial charge < -0.3 is 10.2 Å². The molecular weight excluding hydrogens is 362 g/mol. The fraction of sp³-hybridized carbons (Fsp3) is 0.190. The van der Waals surface area contributed by atoms with E-state index in [4.69, 9.17) is 11.6 Å². The van der Waals surface area contributed by atoms with Crippen molar-refractivity contribution in [3.63, 3.8) is 0 Å². The molecule has 0 bridgehead atoms. The number of anilines is 1. The van der Waals surface area contributed by atoms with Crippen LogP contribution in [0.15, 0.2) is 60.8 Å². The molecule has 1 aliphatic heterocycles. The number of pyridine rings is 1. The zero-order valence-electron chi connectivity index (χ0n) is 14.6. The number of halogens is 1. The van der Waals surface area contributed by atoms with E-state index in [1.165, 1.54) is 0 Å². The van der Waals surface area contributed by atoms with Crippen LogP contribution in [0.1, 0.15) is 12.0 Å². The summed E-state index contributed by atoms with van der Waals surface area (Å²) in [6.45, 7) is 0.798. The van der Waals surface area contributed by atoms with Crippen LogP contribution in [0, 0.1) is 5.92 Å². The molecule has 1 aliphatic rings. The second-order valence-electron chi connectivity index (χ2n) is 6.64. The minimum absolute atomic E-state index is 0.0360. The Morgan fingerprint density at radius 3 is 2.81 bits per heavy atom. The summed E-state index contributed by atoms with van der Waals surface area (Å²) in [6.07, 6.45) is 1.90. The van der Waals surface area contributed by atoms with Gasteiger partial charge in [-0.1, -0.05) is 48.0 Å². The van der Waals surface area contributed by atoms with Gasteiger partial charge in [-0.05, 0) is 23.8 Å². The number of hydrogen-bond donors (Lipinski definition) is 1. The van der Waals surface area contributed by atoms with E-state index in [2.05, 4.69) is 10.3 Å². The summed E-state index contributed by atoms with van der Waals surface area (Å²) in [4.78, 5) is 31.1. The molecule has 1 atom stereocenters. The van der Waals surface area contributed by atoms with Gasteiger partial charge in [0, 0.05) is 36.1 Å². The molecule has 1 saturated heterocycles. The third-order valence-corrected chi connectivity index (χ3v) is 5.16. The molecule has 1 N–H and O–H groups in total. The van der Waals surface area contributed by atoms with Gasteiger partial charge in [-0.2, -0.15) is 0 Å². The van der Waals surface area contributed by atoms with Crippen molar-refractivity contribution in [1.82, 2.24) is 9.88 Å². The molecule has 27 heavy (non-hydrogen) atoms. The van der Waals surface area contributed by atoms with E-state index in [1.54, 1.807) is 17.2 Å². The fourth-order valence-electron chi connectivity index (χ4n) is 3.37. The third kappa shape index (κ3) is 3.64. The van der Waals surface area contributed by atoms with E-state index in [0.29, 0.717) is 23.8 Å². The van der Waals surface area contributed by atoms with Crippen LogP contribution >= 0.6 is 11.6 Å². The SMILES string of the molecule is O=C(Nc1cccc2cccnc12)[C@@H]1CC(=O)N(Cc2ccccc2Cl)C1. The van der Waals surface area contributed by atoms with Gasteiger partial charge in [0.25, 0.3) is 0 Å². The van der Waals surface area contributed by atoms with Crippen molar-refractivity contribution in [2.24, 2.45) is 5.92 Å². The number of nitrogens with one attached hydrogen (secondary N) is 1. The van der Waals surface area contributed by atoms with Crippen LogP contribution in [-0.2, 0) is 16.1 Å². The van der Waals surface area contributed by atoms with Gasteiger partial charge in [-0.25, -0.2) is 0 Å². The Labute approximate surface area is 162 Å². The third-order valence-electron chi connectivity index (χ3n) is 4.79. The summed E-state index contributed by atoms with van der Waals surface area (Å²) in [7, 11) is 0. The number of benzene rings is 2. The molecule has 1 fully saturated rings. The smallest absolute Gasteiger partial charge is 0.229 e. The number of aromatic nitrogens is 1. The number of amides is 2. The number of rotatable bonds is 4. The Morgan fingerprint density at radius 1 is 1.15 bits per heavy atom.